The van der Waals surface area contributed by atoms with Gasteiger partial charge in [-0.1, -0.05) is 36.4 Å². The highest BCUT2D eigenvalue weighted by Gasteiger charge is 2.28. The van der Waals surface area contributed by atoms with Crippen LogP contribution in [0.4, 0.5) is 10.1 Å². The molecule has 1 heterocycles. The number of amides is 1. The fourth-order valence-electron chi connectivity index (χ4n) is 2.67. The van der Waals surface area contributed by atoms with Crippen molar-refractivity contribution >= 4 is 11.6 Å². The van der Waals surface area contributed by atoms with Gasteiger partial charge in [0.15, 0.2) is 0 Å². The molecule has 21 heavy (non-hydrogen) atoms. The largest absolute Gasteiger partial charge is 0.373 e. The zero-order valence-corrected chi connectivity index (χ0v) is 11.8. The highest BCUT2D eigenvalue weighted by molar-refractivity contribution is 5.87. The van der Waals surface area contributed by atoms with Gasteiger partial charge in [0.25, 0.3) is 0 Å². The summed E-state index contributed by atoms with van der Waals surface area (Å²) in [4.78, 5) is 14.0. The van der Waals surface area contributed by atoms with Gasteiger partial charge in [-0.25, -0.2) is 4.39 Å². The molecule has 1 aliphatic heterocycles. The molecule has 2 aromatic carbocycles. The maximum atomic E-state index is 13.7. The van der Waals surface area contributed by atoms with Crippen LogP contribution in [0.25, 0.3) is 0 Å². The minimum absolute atomic E-state index is 0.0190. The summed E-state index contributed by atoms with van der Waals surface area (Å²) in [5, 5.41) is 3.23. The summed E-state index contributed by atoms with van der Waals surface area (Å²) in [5.74, 6) is -0.297. The van der Waals surface area contributed by atoms with Gasteiger partial charge in [-0.3, -0.25) is 4.79 Å². The molecular formula is C17H17FN2O. The van der Waals surface area contributed by atoms with Crippen LogP contribution in [0.15, 0.2) is 48.5 Å². The maximum absolute atomic E-state index is 13.7. The number of carbonyl (C=O) groups excluding carboxylic acids is 1. The predicted molar refractivity (Wildman–Crippen MR) is 80.4 cm³/mol. The van der Waals surface area contributed by atoms with Crippen molar-refractivity contribution in [3.8, 4) is 0 Å². The number of fused-ring (bicyclic) bond motifs is 1. The average Bonchev–Trinajstić information content (AvgIpc) is 2.92. The van der Waals surface area contributed by atoms with Crippen molar-refractivity contribution < 1.29 is 9.18 Å². The minimum atomic E-state index is -0.278. The molecule has 1 amide bonds. The van der Waals surface area contributed by atoms with Gasteiger partial charge >= 0.3 is 0 Å². The highest BCUT2D eigenvalue weighted by Crippen LogP contribution is 2.26. The molecule has 2 aromatic rings. The number of benzene rings is 2. The number of halogens is 1. The molecule has 0 bridgehead atoms. The third-order valence-electron chi connectivity index (χ3n) is 3.81. The SMILES string of the molecule is CN(Cc1ccccc1F)C(=O)C1Cc2ccccc2N1. The molecule has 0 radical (unpaired) electrons. The number of hydrogen-bond donors (Lipinski definition) is 1. The van der Waals surface area contributed by atoms with E-state index in [0.717, 1.165) is 11.3 Å². The number of carbonyl (C=O) groups is 1. The Labute approximate surface area is 123 Å². The Bertz CT molecular complexity index is 646. The summed E-state index contributed by atoms with van der Waals surface area (Å²) in [6.45, 7) is 0.278. The second-order valence-corrected chi connectivity index (χ2v) is 5.34. The van der Waals surface area contributed by atoms with Crippen LogP contribution in [0.1, 0.15) is 11.1 Å². The summed E-state index contributed by atoms with van der Waals surface area (Å²) in [6, 6.07) is 14.2. The van der Waals surface area contributed by atoms with Gasteiger partial charge in [0.1, 0.15) is 11.9 Å². The predicted octanol–water partition coefficient (Wildman–Crippen LogP) is 2.82. The third kappa shape index (κ3) is 2.75. The molecule has 4 heteroatoms. The number of anilines is 1. The zero-order valence-electron chi connectivity index (χ0n) is 11.8. The molecule has 0 saturated heterocycles. The standard InChI is InChI=1S/C17H17FN2O/c1-20(11-13-7-2-4-8-14(13)18)17(21)16-10-12-6-3-5-9-15(12)19-16/h2-9,16,19H,10-11H2,1H3. The summed E-state index contributed by atoms with van der Waals surface area (Å²) in [6.07, 6.45) is 0.677. The zero-order chi connectivity index (χ0) is 14.8. The molecule has 0 aromatic heterocycles. The van der Waals surface area contributed by atoms with E-state index < -0.39 is 0 Å². The molecule has 0 spiro atoms. The van der Waals surface area contributed by atoms with E-state index in [9.17, 15) is 9.18 Å². The second kappa shape index (κ2) is 5.56. The van der Waals surface area contributed by atoms with E-state index in [1.165, 1.54) is 6.07 Å². The van der Waals surface area contributed by atoms with Gasteiger partial charge in [-0.2, -0.15) is 0 Å². The monoisotopic (exact) mass is 284 g/mol. The van der Waals surface area contributed by atoms with Crippen molar-refractivity contribution in [3.05, 3.63) is 65.5 Å². The first-order valence-electron chi connectivity index (χ1n) is 6.98. The molecular weight excluding hydrogens is 267 g/mol. The van der Waals surface area contributed by atoms with Crippen LogP contribution in [0.5, 0.6) is 0 Å². The Morgan fingerprint density at radius 3 is 2.71 bits per heavy atom. The first kappa shape index (κ1) is 13.6. The van der Waals surface area contributed by atoms with Gasteiger partial charge in [0.2, 0.25) is 5.91 Å². The van der Waals surface area contributed by atoms with Crippen LogP contribution >= 0.6 is 0 Å². The molecule has 1 N–H and O–H groups in total. The van der Waals surface area contributed by atoms with Crippen molar-refractivity contribution in [1.82, 2.24) is 4.90 Å². The normalized spacial score (nSPS) is 16.2. The number of hydrogen-bond acceptors (Lipinski definition) is 2. The molecule has 1 atom stereocenters. The minimum Gasteiger partial charge on any atom is -0.373 e. The van der Waals surface area contributed by atoms with Crippen molar-refractivity contribution in [3.63, 3.8) is 0 Å². The Morgan fingerprint density at radius 2 is 1.95 bits per heavy atom. The molecule has 1 aliphatic rings. The molecule has 0 aliphatic carbocycles. The lowest BCUT2D eigenvalue weighted by Gasteiger charge is -2.21. The Hall–Kier alpha value is -2.36. The summed E-state index contributed by atoms with van der Waals surface area (Å²) < 4.78 is 13.7. The first-order chi connectivity index (χ1) is 10.1. The van der Waals surface area contributed by atoms with Crippen molar-refractivity contribution in [2.24, 2.45) is 0 Å². The van der Waals surface area contributed by atoms with Crippen molar-refractivity contribution in [2.45, 2.75) is 19.0 Å². The lowest BCUT2D eigenvalue weighted by Crippen LogP contribution is -2.39. The lowest BCUT2D eigenvalue weighted by atomic mass is 10.1. The van der Waals surface area contributed by atoms with Crippen molar-refractivity contribution in [1.29, 1.82) is 0 Å². The number of likely N-dealkylation sites (N-methyl/N-ethyl adjacent to an activating group) is 1. The van der Waals surface area contributed by atoms with E-state index in [1.807, 2.05) is 24.3 Å². The first-order valence-corrected chi connectivity index (χ1v) is 6.98. The topological polar surface area (TPSA) is 32.3 Å². The van der Waals surface area contributed by atoms with E-state index in [4.69, 9.17) is 0 Å². The Kier molecular flexibility index (Phi) is 3.60. The Morgan fingerprint density at radius 1 is 1.24 bits per heavy atom. The van der Waals surface area contributed by atoms with Crippen LogP contribution in [-0.4, -0.2) is 23.9 Å². The van der Waals surface area contributed by atoms with Gasteiger partial charge in [0, 0.05) is 31.3 Å². The van der Waals surface area contributed by atoms with Gasteiger partial charge in [0.05, 0.1) is 0 Å². The Balaban J connectivity index is 1.68. The lowest BCUT2D eigenvalue weighted by molar-refractivity contribution is -0.131. The van der Waals surface area contributed by atoms with Crippen molar-refractivity contribution in [2.75, 3.05) is 12.4 Å². The van der Waals surface area contributed by atoms with E-state index in [0.29, 0.717) is 12.0 Å². The molecule has 108 valence electrons. The van der Waals surface area contributed by atoms with Crippen LogP contribution in [0, 0.1) is 5.82 Å². The number of para-hydroxylation sites is 1. The second-order valence-electron chi connectivity index (χ2n) is 5.34. The van der Waals surface area contributed by atoms with Crippen LogP contribution in [0.3, 0.4) is 0 Å². The van der Waals surface area contributed by atoms with Gasteiger partial charge in [-0.05, 0) is 17.7 Å². The molecule has 3 nitrogen and oxygen atoms in total. The fraction of sp³-hybridized carbons (Fsp3) is 0.235. The van der Waals surface area contributed by atoms with Crippen LogP contribution in [-0.2, 0) is 17.8 Å². The van der Waals surface area contributed by atoms with E-state index in [2.05, 4.69) is 5.32 Å². The number of nitrogens with zero attached hydrogens (tertiary/aromatic N) is 1. The van der Waals surface area contributed by atoms with Crippen LogP contribution < -0.4 is 5.32 Å². The number of rotatable bonds is 3. The third-order valence-corrected chi connectivity index (χ3v) is 3.81. The molecule has 0 fully saturated rings. The molecule has 1 unspecified atom stereocenters. The summed E-state index contributed by atoms with van der Waals surface area (Å²) in [7, 11) is 1.71. The summed E-state index contributed by atoms with van der Waals surface area (Å²) >= 11 is 0. The highest BCUT2D eigenvalue weighted by atomic mass is 19.1. The maximum Gasteiger partial charge on any atom is 0.245 e. The smallest absolute Gasteiger partial charge is 0.245 e. The van der Waals surface area contributed by atoms with Gasteiger partial charge in [-0.15, -0.1) is 0 Å². The molecule has 3 rings (SSSR count). The van der Waals surface area contributed by atoms with E-state index in [1.54, 1.807) is 30.1 Å². The van der Waals surface area contributed by atoms with E-state index >= 15 is 0 Å². The number of nitrogens with one attached hydrogen (secondary N) is 1. The quantitative estimate of drug-likeness (QED) is 0.940. The van der Waals surface area contributed by atoms with Gasteiger partial charge < -0.3 is 10.2 Å². The fourth-order valence-corrected chi connectivity index (χ4v) is 2.67. The average molecular weight is 284 g/mol. The molecule has 0 saturated carbocycles. The van der Waals surface area contributed by atoms with Crippen LogP contribution in [0.2, 0.25) is 0 Å². The van der Waals surface area contributed by atoms with E-state index in [-0.39, 0.29) is 24.3 Å². The summed E-state index contributed by atoms with van der Waals surface area (Å²) in [5.41, 5.74) is 2.69.